The first-order valence-corrected chi connectivity index (χ1v) is 9.83. The Morgan fingerprint density at radius 1 is 1.28 bits per heavy atom. The highest BCUT2D eigenvalue weighted by molar-refractivity contribution is 5.88. The maximum absolute atomic E-state index is 12.4. The number of aromatic nitrogens is 2. The number of rotatable bonds is 8. The Balaban J connectivity index is 1.57. The number of benzene rings is 1. The molecule has 1 atom stereocenters. The molecule has 29 heavy (non-hydrogen) atoms. The zero-order valence-electron chi connectivity index (χ0n) is 16.9. The van der Waals surface area contributed by atoms with E-state index >= 15 is 0 Å². The second-order valence-corrected chi connectivity index (χ2v) is 6.98. The zero-order chi connectivity index (χ0) is 20.6. The average Bonchev–Trinajstić information content (AvgIpc) is 2.72. The van der Waals surface area contributed by atoms with E-state index in [1.807, 2.05) is 43.0 Å². The minimum absolute atomic E-state index is 0.0994. The third-order valence-electron chi connectivity index (χ3n) is 4.74. The van der Waals surface area contributed by atoms with Crippen LogP contribution in [0.25, 0.3) is 0 Å². The number of aryl methyl sites for hydroxylation is 1. The highest BCUT2D eigenvalue weighted by atomic mass is 16.5. The van der Waals surface area contributed by atoms with Gasteiger partial charge >= 0.3 is 0 Å². The number of carbonyl (C=O) groups is 2. The van der Waals surface area contributed by atoms with Crippen molar-refractivity contribution < 1.29 is 14.3 Å². The smallest absolute Gasteiger partial charge is 0.237 e. The molecule has 1 aliphatic rings. The number of ether oxygens (including phenoxy) is 1. The number of carbonyl (C=O) groups excluding carboxylic acids is 2. The lowest BCUT2D eigenvalue weighted by atomic mass is 10.1. The molecule has 1 aromatic carbocycles. The summed E-state index contributed by atoms with van der Waals surface area (Å²) in [5, 5.41) is 5.68. The van der Waals surface area contributed by atoms with Gasteiger partial charge < -0.3 is 15.4 Å². The van der Waals surface area contributed by atoms with Crippen LogP contribution >= 0.6 is 0 Å². The monoisotopic (exact) mass is 397 g/mol. The first-order chi connectivity index (χ1) is 14.0. The predicted octanol–water partition coefficient (Wildman–Crippen LogP) is 1.19. The van der Waals surface area contributed by atoms with Crippen molar-refractivity contribution in [2.45, 2.75) is 39.4 Å². The van der Waals surface area contributed by atoms with Gasteiger partial charge in [-0.15, -0.1) is 0 Å². The van der Waals surface area contributed by atoms with Crippen molar-refractivity contribution in [1.82, 2.24) is 25.5 Å². The molecule has 0 aliphatic carbocycles. The van der Waals surface area contributed by atoms with Crippen molar-refractivity contribution >= 4 is 11.8 Å². The summed E-state index contributed by atoms with van der Waals surface area (Å²) in [5.41, 5.74) is 2.58. The van der Waals surface area contributed by atoms with E-state index in [4.69, 9.17) is 4.74 Å². The molecule has 1 saturated heterocycles. The molecule has 1 fully saturated rings. The molecule has 1 unspecified atom stereocenters. The molecular weight excluding hydrogens is 370 g/mol. The van der Waals surface area contributed by atoms with E-state index < -0.39 is 6.04 Å². The van der Waals surface area contributed by atoms with E-state index in [2.05, 4.69) is 20.6 Å². The number of nitrogens with one attached hydrogen (secondary N) is 2. The third-order valence-corrected chi connectivity index (χ3v) is 4.74. The van der Waals surface area contributed by atoms with E-state index in [0.29, 0.717) is 38.5 Å². The summed E-state index contributed by atoms with van der Waals surface area (Å²) in [4.78, 5) is 35.3. The molecule has 2 aromatic rings. The van der Waals surface area contributed by atoms with E-state index in [1.165, 1.54) is 0 Å². The van der Waals surface area contributed by atoms with Crippen molar-refractivity contribution in [2.24, 2.45) is 0 Å². The van der Waals surface area contributed by atoms with Crippen LogP contribution in [0.1, 0.15) is 30.3 Å². The van der Waals surface area contributed by atoms with Gasteiger partial charge in [0.05, 0.1) is 43.2 Å². The number of hydrogen-bond donors (Lipinski definition) is 2. The van der Waals surface area contributed by atoms with Crippen LogP contribution < -0.4 is 15.4 Å². The van der Waals surface area contributed by atoms with Crippen LogP contribution in [0, 0.1) is 6.92 Å². The van der Waals surface area contributed by atoms with Gasteiger partial charge in [-0.3, -0.25) is 24.5 Å². The zero-order valence-corrected chi connectivity index (χ0v) is 16.9. The number of hydrogen-bond acceptors (Lipinski definition) is 6. The maximum atomic E-state index is 12.4. The molecule has 2 amide bonds. The van der Waals surface area contributed by atoms with Gasteiger partial charge in [-0.25, -0.2) is 0 Å². The van der Waals surface area contributed by atoms with Gasteiger partial charge in [0, 0.05) is 25.8 Å². The van der Waals surface area contributed by atoms with Crippen LogP contribution in [0.5, 0.6) is 5.75 Å². The van der Waals surface area contributed by atoms with Gasteiger partial charge in [-0.1, -0.05) is 12.1 Å². The molecule has 2 N–H and O–H groups in total. The highest BCUT2D eigenvalue weighted by Crippen LogP contribution is 2.17. The van der Waals surface area contributed by atoms with Crippen molar-refractivity contribution in [3.63, 3.8) is 0 Å². The fourth-order valence-corrected chi connectivity index (χ4v) is 3.21. The van der Waals surface area contributed by atoms with Gasteiger partial charge in [0.25, 0.3) is 0 Å². The van der Waals surface area contributed by atoms with Crippen LogP contribution in [0.3, 0.4) is 0 Å². The Hall–Kier alpha value is -3.00. The van der Waals surface area contributed by atoms with Crippen molar-refractivity contribution in [1.29, 1.82) is 0 Å². The van der Waals surface area contributed by atoms with Crippen molar-refractivity contribution in [2.75, 3.05) is 19.7 Å². The second kappa shape index (κ2) is 9.97. The standard InChI is InChI=1S/C21H27N5O3/c1-3-29-18-6-4-16(5-7-18)14-26-9-8-22-21(28)19(26)10-20(27)25-13-17-12-23-15(2)11-24-17/h4-7,11-12,19H,3,8-10,13-14H2,1-2H3,(H,22,28)(H,25,27). The molecule has 8 heteroatoms. The fraction of sp³-hybridized carbons (Fsp3) is 0.429. The molecule has 0 bridgehead atoms. The van der Waals surface area contributed by atoms with Gasteiger partial charge in [0.2, 0.25) is 11.8 Å². The summed E-state index contributed by atoms with van der Waals surface area (Å²) in [6, 6.07) is 7.33. The molecule has 0 spiro atoms. The van der Waals surface area contributed by atoms with Crippen LogP contribution in [0.4, 0.5) is 0 Å². The van der Waals surface area contributed by atoms with Gasteiger partial charge in [0.1, 0.15) is 5.75 Å². The molecule has 0 saturated carbocycles. The number of piperazine rings is 1. The van der Waals surface area contributed by atoms with Gasteiger partial charge in [0.15, 0.2) is 0 Å². The lowest BCUT2D eigenvalue weighted by molar-refractivity contribution is -0.134. The summed E-state index contributed by atoms with van der Waals surface area (Å²) in [6.45, 7) is 6.59. The topological polar surface area (TPSA) is 96.5 Å². The van der Waals surface area contributed by atoms with Crippen LogP contribution in [-0.4, -0.2) is 52.4 Å². The Kier molecular flexibility index (Phi) is 7.13. The second-order valence-electron chi connectivity index (χ2n) is 6.98. The first-order valence-electron chi connectivity index (χ1n) is 9.83. The van der Waals surface area contributed by atoms with E-state index in [9.17, 15) is 9.59 Å². The molecule has 0 radical (unpaired) electrons. The fourth-order valence-electron chi connectivity index (χ4n) is 3.21. The minimum Gasteiger partial charge on any atom is -0.494 e. The highest BCUT2D eigenvalue weighted by Gasteiger charge is 2.31. The SMILES string of the molecule is CCOc1ccc(CN2CCNC(=O)C2CC(=O)NCc2cnc(C)cn2)cc1. The molecule has 2 heterocycles. The quantitative estimate of drug-likeness (QED) is 0.695. The summed E-state index contributed by atoms with van der Waals surface area (Å²) in [6.07, 6.45) is 3.40. The van der Waals surface area contributed by atoms with Crippen LogP contribution in [0.15, 0.2) is 36.7 Å². The summed E-state index contributed by atoms with van der Waals surface area (Å²) in [5.74, 6) is 0.515. The molecule has 1 aromatic heterocycles. The summed E-state index contributed by atoms with van der Waals surface area (Å²) >= 11 is 0. The largest absolute Gasteiger partial charge is 0.494 e. The minimum atomic E-state index is -0.501. The molecule has 154 valence electrons. The Morgan fingerprint density at radius 3 is 2.76 bits per heavy atom. The Bertz CT molecular complexity index is 823. The van der Waals surface area contributed by atoms with Gasteiger partial charge in [-0.05, 0) is 31.5 Å². The molecule has 1 aliphatic heterocycles. The van der Waals surface area contributed by atoms with Crippen LogP contribution in [-0.2, 0) is 22.7 Å². The van der Waals surface area contributed by atoms with Crippen molar-refractivity contribution in [3.05, 3.63) is 53.6 Å². The molecule has 8 nitrogen and oxygen atoms in total. The lowest BCUT2D eigenvalue weighted by Crippen LogP contribution is -2.56. The summed E-state index contributed by atoms with van der Waals surface area (Å²) in [7, 11) is 0. The third kappa shape index (κ3) is 5.99. The average molecular weight is 397 g/mol. The first kappa shape index (κ1) is 20.7. The Morgan fingerprint density at radius 2 is 2.07 bits per heavy atom. The predicted molar refractivity (Wildman–Crippen MR) is 108 cm³/mol. The maximum Gasteiger partial charge on any atom is 0.237 e. The van der Waals surface area contributed by atoms with Gasteiger partial charge in [-0.2, -0.15) is 0 Å². The normalized spacial score (nSPS) is 16.9. The molecule has 3 rings (SSSR count). The Labute approximate surface area is 170 Å². The summed E-state index contributed by atoms with van der Waals surface area (Å²) < 4.78 is 5.47. The number of amides is 2. The van der Waals surface area contributed by atoms with E-state index in [0.717, 1.165) is 17.0 Å². The van der Waals surface area contributed by atoms with E-state index in [1.54, 1.807) is 12.4 Å². The van der Waals surface area contributed by atoms with Crippen LogP contribution in [0.2, 0.25) is 0 Å². The van der Waals surface area contributed by atoms with E-state index in [-0.39, 0.29) is 18.2 Å². The lowest BCUT2D eigenvalue weighted by Gasteiger charge is -2.34. The number of nitrogens with zero attached hydrogens (tertiary/aromatic N) is 3. The molecular formula is C21H27N5O3. The van der Waals surface area contributed by atoms with Crippen molar-refractivity contribution in [3.8, 4) is 5.75 Å².